The van der Waals surface area contributed by atoms with E-state index in [1.165, 1.54) is 22.3 Å². The molecule has 0 aliphatic heterocycles. The Morgan fingerprint density at radius 3 is 2.68 bits per heavy atom. The second kappa shape index (κ2) is 9.18. The molecule has 2 aromatic heterocycles. The third-order valence-corrected chi connectivity index (χ3v) is 5.05. The highest BCUT2D eigenvalue weighted by Crippen LogP contribution is 2.29. The number of hydrogen-bond donors (Lipinski definition) is 1. The minimum Gasteiger partial charge on any atom is -0.455 e. The molecule has 0 unspecified atom stereocenters. The maximum Gasteiger partial charge on any atom is 0.351 e. The van der Waals surface area contributed by atoms with Gasteiger partial charge >= 0.3 is 5.97 Å². The van der Waals surface area contributed by atoms with Crippen molar-refractivity contribution < 1.29 is 19.1 Å². The lowest BCUT2D eigenvalue weighted by atomic mass is 10.2. The van der Waals surface area contributed by atoms with Crippen molar-refractivity contribution in [3.05, 3.63) is 76.7 Å². The van der Waals surface area contributed by atoms with Crippen molar-refractivity contribution in [2.75, 3.05) is 11.9 Å². The van der Waals surface area contributed by atoms with Gasteiger partial charge in [-0.25, -0.2) is 4.79 Å². The zero-order chi connectivity index (χ0) is 21.6. The Morgan fingerprint density at radius 1 is 1.10 bits per heavy atom. The molecular formula is C21H17N5O4S. The second-order valence-corrected chi connectivity index (χ2v) is 7.34. The lowest BCUT2D eigenvalue weighted by Gasteiger charge is -2.12. The molecular weight excluding hydrogens is 418 g/mol. The number of aromatic nitrogens is 4. The lowest BCUT2D eigenvalue weighted by molar-refractivity contribution is -0.119. The number of carbonyl (C=O) groups is 2. The summed E-state index contributed by atoms with van der Waals surface area (Å²) in [5.74, 6) is -0.00881. The van der Waals surface area contributed by atoms with E-state index < -0.39 is 18.5 Å². The molecule has 156 valence electrons. The molecule has 0 radical (unpaired) electrons. The van der Waals surface area contributed by atoms with E-state index in [1.54, 1.807) is 35.7 Å². The number of tetrazole rings is 1. The number of para-hydroxylation sites is 2. The molecule has 31 heavy (non-hydrogen) atoms. The zero-order valence-electron chi connectivity index (χ0n) is 16.4. The van der Waals surface area contributed by atoms with E-state index >= 15 is 0 Å². The molecule has 2 aromatic carbocycles. The van der Waals surface area contributed by atoms with Gasteiger partial charge in [-0.1, -0.05) is 29.8 Å². The molecule has 10 heteroatoms. The van der Waals surface area contributed by atoms with Gasteiger partial charge in [-0.15, -0.1) is 16.4 Å². The highest BCUT2D eigenvalue weighted by atomic mass is 32.1. The van der Waals surface area contributed by atoms with Crippen LogP contribution in [-0.2, 0) is 9.53 Å². The molecule has 2 heterocycles. The number of benzene rings is 2. The lowest BCUT2D eigenvalue weighted by Crippen LogP contribution is -2.21. The number of aryl methyl sites for hydroxylation is 1. The number of esters is 1. The van der Waals surface area contributed by atoms with Crippen molar-refractivity contribution in [1.82, 2.24) is 20.2 Å². The summed E-state index contributed by atoms with van der Waals surface area (Å²) in [6, 6.07) is 16.3. The topological polar surface area (TPSA) is 108 Å². The summed E-state index contributed by atoms with van der Waals surface area (Å²) in [6.07, 6.45) is 1.37. The number of nitrogens with zero attached hydrogens (tertiary/aromatic N) is 4. The molecule has 1 amide bonds. The third-order valence-electron chi connectivity index (χ3n) is 4.17. The number of amides is 1. The first kappa shape index (κ1) is 20.2. The molecule has 0 saturated heterocycles. The van der Waals surface area contributed by atoms with E-state index in [2.05, 4.69) is 20.8 Å². The quantitative estimate of drug-likeness (QED) is 0.442. The fourth-order valence-corrected chi connectivity index (χ4v) is 3.45. The smallest absolute Gasteiger partial charge is 0.351 e. The van der Waals surface area contributed by atoms with Gasteiger partial charge in [0.2, 0.25) is 0 Å². The minimum absolute atomic E-state index is 0.295. The summed E-state index contributed by atoms with van der Waals surface area (Å²) in [6.45, 7) is 1.53. The number of thiophene rings is 1. The fourth-order valence-electron chi connectivity index (χ4n) is 2.68. The van der Waals surface area contributed by atoms with Gasteiger partial charge < -0.3 is 14.8 Å². The van der Waals surface area contributed by atoms with Crippen LogP contribution in [-0.4, -0.2) is 38.7 Å². The van der Waals surface area contributed by atoms with Gasteiger partial charge in [0.15, 0.2) is 12.4 Å². The Balaban J connectivity index is 1.38. The highest BCUT2D eigenvalue weighted by molar-refractivity contribution is 7.12. The summed E-state index contributed by atoms with van der Waals surface area (Å²) in [5, 5.41) is 15.3. The van der Waals surface area contributed by atoms with Crippen molar-refractivity contribution in [3.8, 4) is 17.2 Å². The summed E-state index contributed by atoms with van der Waals surface area (Å²) in [4.78, 5) is 25.1. The van der Waals surface area contributed by atoms with Crippen LogP contribution < -0.4 is 10.1 Å². The maximum atomic E-state index is 12.4. The minimum atomic E-state index is -0.639. The number of carbonyl (C=O) groups excluding carboxylic acids is 2. The number of rotatable bonds is 7. The SMILES string of the molecule is Cc1ccc(Oc2ccccc2NC(=O)COC(=O)c2sccc2-n2cnnn2)cc1. The Hall–Kier alpha value is -4.05. The van der Waals surface area contributed by atoms with E-state index in [-0.39, 0.29) is 0 Å². The van der Waals surface area contributed by atoms with Gasteiger partial charge in [0.1, 0.15) is 17.0 Å². The van der Waals surface area contributed by atoms with E-state index in [4.69, 9.17) is 9.47 Å². The van der Waals surface area contributed by atoms with Crippen molar-refractivity contribution in [2.45, 2.75) is 6.92 Å². The molecule has 4 aromatic rings. The average Bonchev–Trinajstić information content (AvgIpc) is 3.47. The Morgan fingerprint density at radius 2 is 1.90 bits per heavy atom. The predicted molar refractivity (Wildman–Crippen MR) is 114 cm³/mol. The first-order valence-corrected chi connectivity index (χ1v) is 10.1. The van der Waals surface area contributed by atoms with Gasteiger partial charge in [0, 0.05) is 0 Å². The Kier molecular flexibility index (Phi) is 5.99. The van der Waals surface area contributed by atoms with Crippen LogP contribution in [0.15, 0.2) is 66.3 Å². The van der Waals surface area contributed by atoms with Crippen LogP contribution in [0, 0.1) is 6.92 Å². The van der Waals surface area contributed by atoms with Crippen LogP contribution in [0.25, 0.3) is 5.69 Å². The van der Waals surface area contributed by atoms with Crippen LogP contribution in [0.2, 0.25) is 0 Å². The number of hydrogen-bond acceptors (Lipinski definition) is 8. The predicted octanol–water partition coefficient (Wildman–Crippen LogP) is 3.62. The van der Waals surface area contributed by atoms with E-state index in [0.29, 0.717) is 27.8 Å². The van der Waals surface area contributed by atoms with E-state index in [9.17, 15) is 9.59 Å². The molecule has 0 fully saturated rings. The second-order valence-electron chi connectivity index (χ2n) is 6.42. The summed E-state index contributed by atoms with van der Waals surface area (Å²) >= 11 is 1.17. The van der Waals surface area contributed by atoms with Crippen molar-refractivity contribution in [1.29, 1.82) is 0 Å². The van der Waals surface area contributed by atoms with E-state index in [1.807, 2.05) is 31.2 Å². The van der Waals surface area contributed by atoms with Crippen molar-refractivity contribution >= 4 is 28.9 Å². The number of anilines is 1. The molecule has 0 aliphatic carbocycles. The molecule has 9 nitrogen and oxygen atoms in total. The summed E-state index contributed by atoms with van der Waals surface area (Å²) in [5.41, 5.74) is 2.07. The Bertz CT molecular complexity index is 1190. The first-order chi connectivity index (χ1) is 15.1. The van der Waals surface area contributed by atoms with Crippen LogP contribution in [0.3, 0.4) is 0 Å². The van der Waals surface area contributed by atoms with Crippen LogP contribution in [0.5, 0.6) is 11.5 Å². The molecule has 0 saturated carbocycles. The Labute approximate surface area is 181 Å². The number of nitrogens with one attached hydrogen (secondary N) is 1. The molecule has 0 spiro atoms. The monoisotopic (exact) mass is 435 g/mol. The largest absolute Gasteiger partial charge is 0.455 e. The average molecular weight is 435 g/mol. The van der Waals surface area contributed by atoms with Gasteiger partial charge in [-0.2, -0.15) is 4.68 Å². The first-order valence-electron chi connectivity index (χ1n) is 9.21. The molecule has 0 bridgehead atoms. The maximum absolute atomic E-state index is 12.4. The fraction of sp³-hybridized carbons (Fsp3) is 0.0952. The normalized spacial score (nSPS) is 10.5. The van der Waals surface area contributed by atoms with E-state index in [0.717, 1.165) is 5.56 Å². The number of ether oxygens (including phenoxy) is 2. The zero-order valence-corrected chi connectivity index (χ0v) is 17.2. The summed E-state index contributed by atoms with van der Waals surface area (Å²) in [7, 11) is 0. The van der Waals surface area contributed by atoms with Gasteiger partial charge in [-0.3, -0.25) is 4.79 Å². The molecule has 0 atom stereocenters. The van der Waals surface area contributed by atoms with Crippen LogP contribution >= 0.6 is 11.3 Å². The summed E-state index contributed by atoms with van der Waals surface area (Å²) < 4.78 is 12.4. The molecule has 0 aliphatic rings. The van der Waals surface area contributed by atoms with Gasteiger partial charge in [0.25, 0.3) is 5.91 Å². The van der Waals surface area contributed by atoms with Gasteiger partial charge in [-0.05, 0) is 53.1 Å². The molecule has 1 N–H and O–H groups in total. The standard InChI is InChI=1S/C21H17N5O4S/c1-14-6-8-15(9-7-14)30-18-5-3-2-4-16(18)23-19(27)12-29-21(28)20-17(10-11-31-20)26-13-22-24-25-26/h2-11,13H,12H2,1H3,(H,23,27). The van der Waals surface area contributed by atoms with Crippen molar-refractivity contribution in [3.63, 3.8) is 0 Å². The molecule has 4 rings (SSSR count). The highest BCUT2D eigenvalue weighted by Gasteiger charge is 2.18. The van der Waals surface area contributed by atoms with Gasteiger partial charge in [0.05, 0.1) is 11.4 Å². The van der Waals surface area contributed by atoms with Crippen LogP contribution in [0.4, 0.5) is 5.69 Å². The van der Waals surface area contributed by atoms with Crippen molar-refractivity contribution in [2.24, 2.45) is 0 Å². The third kappa shape index (κ3) is 4.93. The van der Waals surface area contributed by atoms with Crippen LogP contribution in [0.1, 0.15) is 15.2 Å².